The normalized spacial score (nSPS) is 10.7. The highest BCUT2D eigenvalue weighted by molar-refractivity contribution is 6.42. The van der Waals surface area contributed by atoms with Crippen molar-refractivity contribution in [3.8, 4) is 0 Å². The quantitative estimate of drug-likeness (QED) is 0.915. The van der Waals surface area contributed by atoms with Crippen LogP contribution in [-0.4, -0.2) is 15.0 Å². The monoisotopic (exact) mass is 256 g/mol. The summed E-state index contributed by atoms with van der Waals surface area (Å²) in [6.45, 7) is 0.991. The third-order valence-corrected chi connectivity index (χ3v) is 2.86. The van der Waals surface area contributed by atoms with Crippen LogP contribution in [0.1, 0.15) is 11.3 Å². The first-order valence-electron chi connectivity index (χ1n) is 4.72. The van der Waals surface area contributed by atoms with E-state index in [9.17, 15) is 0 Å². The van der Waals surface area contributed by atoms with Crippen LogP contribution in [0.3, 0.4) is 0 Å². The van der Waals surface area contributed by atoms with Crippen molar-refractivity contribution in [2.45, 2.75) is 13.1 Å². The van der Waals surface area contributed by atoms with Gasteiger partial charge in [0.05, 0.1) is 28.5 Å². The lowest BCUT2D eigenvalue weighted by Gasteiger charge is -2.02. The Balaban J connectivity index is 2.17. The lowest BCUT2D eigenvalue weighted by atomic mass is 10.2. The highest BCUT2D eigenvalue weighted by Gasteiger charge is 2.02. The van der Waals surface area contributed by atoms with Crippen molar-refractivity contribution in [3.63, 3.8) is 0 Å². The molecule has 0 saturated heterocycles. The molecule has 0 saturated carbocycles. The summed E-state index contributed by atoms with van der Waals surface area (Å²) >= 11 is 11.7. The fourth-order valence-corrected chi connectivity index (χ4v) is 1.66. The number of hydrogen-bond acceptors (Lipinski definition) is 3. The Morgan fingerprint density at radius 2 is 2.06 bits per heavy atom. The number of hydrogen-bond donors (Lipinski definition) is 1. The Hall–Kier alpha value is -1.10. The minimum atomic E-state index is 0.390. The number of halogens is 2. The van der Waals surface area contributed by atoms with Gasteiger partial charge in [-0.05, 0) is 17.7 Å². The highest BCUT2D eigenvalue weighted by Crippen LogP contribution is 2.22. The van der Waals surface area contributed by atoms with E-state index < -0.39 is 0 Å². The van der Waals surface area contributed by atoms with E-state index in [2.05, 4.69) is 10.3 Å². The molecule has 1 aromatic heterocycles. The minimum Gasteiger partial charge on any atom is -0.325 e. The first-order chi connectivity index (χ1) is 7.69. The van der Waals surface area contributed by atoms with E-state index in [4.69, 9.17) is 28.9 Å². The number of benzene rings is 1. The molecule has 0 aliphatic rings. The Kier molecular flexibility index (Phi) is 3.43. The third kappa shape index (κ3) is 2.52. The molecule has 0 atom stereocenters. The summed E-state index contributed by atoms with van der Waals surface area (Å²) in [6, 6.07) is 5.48. The zero-order chi connectivity index (χ0) is 11.5. The highest BCUT2D eigenvalue weighted by atomic mass is 35.5. The molecule has 0 spiro atoms. The van der Waals surface area contributed by atoms with Gasteiger partial charge in [0, 0.05) is 6.54 Å². The van der Waals surface area contributed by atoms with Gasteiger partial charge in [-0.2, -0.15) is 0 Å². The maximum absolute atomic E-state index is 5.92. The Labute approximate surface area is 103 Å². The molecule has 0 unspecified atom stereocenters. The summed E-state index contributed by atoms with van der Waals surface area (Å²) in [6.07, 6.45) is 1.81. The largest absolute Gasteiger partial charge is 0.325 e. The van der Waals surface area contributed by atoms with Crippen LogP contribution in [0.5, 0.6) is 0 Å². The average Bonchev–Trinajstić information content (AvgIpc) is 2.71. The predicted molar refractivity (Wildman–Crippen MR) is 63.5 cm³/mol. The van der Waals surface area contributed by atoms with E-state index in [1.54, 1.807) is 10.7 Å². The van der Waals surface area contributed by atoms with Crippen LogP contribution in [0.4, 0.5) is 0 Å². The van der Waals surface area contributed by atoms with Gasteiger partial charge in [0.1, 0.15) is 0 Å². The Bertz CT molecular complexity index is 495. The molecule has 2 rings (SSSR count). The van der Waals surface area contributed by atoms with Crippen molar-refractivity contribution in [2.24, 2.45) is 5.73 Å². The molecule has 1 heterocycles. The van der Waals surface area contributed by atoms with Crippen molar-refractivity contribution >= 4 is 23.2 Å². The summed E-state index contributed by atoms with van der Waals surface area (Å²) in [5, 5.41) is 8.93. The molecule has 2 aromatic rings. The first kappa shape index (κ1) is 11.4. The van der Waals surface area contributed by atoms with E-state index in [-0.39, 0.29) is 0 Å². The van der Waals surface area contributed by atoms with Crippen molar-refractivity contribution < 1.29 is 0 Å². The van der Waals surface area contributed by atoms with Gasteiger partial charge >= 0.3 is 0 Å². The van der Waals surface area contributed by atoms with E-state index in [1.165, 1.54) is 0 Å². The smallest absolute Gasteiger partial charge is 0.0962 e. The molecule has 0 radical (unpaired) electrons. The van der Waals surface area contributed by atoms with E-state index in [0.29, 0.717) is 23.1 Å². The summed E-state index contributed by atoms with van der Waals surface area (Å²) < 4.78 is 1.71. The van der Waals surface area contributed by atoms with Crippen LogP contribution in [0.25, 0.3) is 0 Å². The fourth-order valence-electron chi connectivity index (χ4n) is 1.33. The molecule has 2 N–H and O–H groups in total. The predicted octanol–water partition coefficient (Wildman–Crippen LogP) is 2.09. The van der Waals surface area contributed by atoms with Crippen molar-refractivity contribution in [1.29, 1.82) is 0 Å². The second-order valence-corrected chi connectivity index (χ2v) is 4.17. The van der Waals surface area contributed by atoms with E-state index in [1.807, 2.05) is 18.3 Å². The van der Waals surface area contributed by atoms with Crippen molar-refractivity contribution in [3.05, 3.63) is 45.7 Å². The van der Waals surface area contributed by atoms with Gasteiger partial charge in [-0.1, -0.05) is 34.5 Å². The average molecular weight is 257 g/mol. The van der Waals surface area contributed by atoms with Crippen molar-refractivity contribution in [2.75, 3.05) is 0 Å². The van der Waals surface area contributed by atoms with Gasteiger partial charge in [-0.25, -0.2) is 4.68 Å². The molecule has 0 aliphatic carbocycles. The standard InChI is InChI=1S/C10H10Cl2N4/c11-9-2-1-7(3-10(9)12)5-16-6-8(4-13)14-15-16/h1-3,6H,4-5,13H2. The zero-order valence-electron chi connectivity index (χ0n) is 8.40. The molecule has 0 bridgehead atoms. The molecule has 1 aromatic carbocycles. The molecular weight excluding hydrogens is 247 g/mol. The summed E-state index contributed by atoms with van der Waals surface area (Å²) in [5.74, 6) is 0. The second kappa shape index (κ2) is 4.82. The van der Waals surface area contributed by atoms with Gasteiger partial charge in [0.25, 0.3) is 0 Å². The molecular formula is C10H10Cl2N4. The van der Waals surface area contributed by atoms with Gasteiger partial charge in [0.15, 0.2) is 0 Å². The van der Waals surface area contributed by atoms with Crippen LogP contribution in [0.15, 0.2) is 24.4 Å². The van der Waals surface area contributed by atoms with Gasteiger partial charge in [0.2, 0.25) is 0 Å². The zero-order valence-corrected chi connectivity index (χ0v) is 9.91. The molecule has 0 aliphatic heterocycles. The van der Waals surface area contributed by atoms with Crippen LogP contribution >= 0.6 is 23.2 Å². The van der Waals surface area contributed by atoms with Crippen LogP contribution in [0, 0.1) is 0 Å². The number of rotatable bonds is 3. The van der Waals surface area contributed by atoms with Crippen LogP contribution in [0.2, 0.25) is 10.0 Å². The molecule has 0 amide bonds. The maximum Gasteiger partial charge on any atom is 0.0962 e. The topological polar surface area (TPSA) is 56.7 Å². The van der Waals surface area contributed by atoms with E-state index in [0.717, 1.165) is 11.3 Å². The lowest BCUT2D eigenvalue weighted by molar-refractivity contribution is 0.649. The molecule has 16 heavy (non-hydrogen) atoms. The number of aromatic nitrogens is 3. The summed E-state index contributed by atoms with van der Waals surface area (Å²) in [7, 11) is 0. The van der Waals surface area contributed by atoms with Gasteiger partial charge < -0.3 is 5.73 Å². The maximum atomic E-state index is 5.92. The van der Waals surface area contributed by atoms with E-state index >= 15 is 0 Å². The summed E-state index contributed by atoms with van der Waals surface area (Å²) in [5.41, 5.74) is 7.23. The Morgan fingerprint density at radius 3 is 2.69 bits per heavy atom. The molecule has 4 nitrogen and oxygen atoms in total. The van der Waals surface area contributed by atoms with Crippen LogP contribution in [-0.2, 0) is 13.1 Å². The van der Waals surface area contributed by atoms with Gasteiger partial charge in [-0.3, -0.25) is 0 Å². The number of nitrogens with zero attached hydrogens (tertiary/aromatic N) is 3. The fraction of sp³-hybridized carbons (Fsp3) is 0.200. The lowest BCUT2D eigenvalue weighted by Crippen LogP contribution is -2.00. The van der Waals surface area contributed by atoms with Gasteiger partial charge in [-0.15, -0.1) is 5.10 Å². The SMILES string of the molecule is NCc1cn(Cc2ccc(Cl)c(Cl)c2)nn1. The number of nitrogens with two attached hydrogens (primary N) is 1. The van der Waals surface area contributed by atoms with Crippen LogP contribution < -0.4 is 5.73 Å². The first-order valence-corrected chi connectivity index (χ1v) is 5.47. The molecule has 6 heteroatoms. The molecule has 84 valence electrons. The third-order valence-electron chi connectivity index (χ3n) is 2.12. The molecule has 0 fully saturated rings. The second-order valence-electron chi connectivity index (χ2n) is 3.36. The van der Waals surface area contributed by atoms with Crippen molar-refractivity contribution in [1.82, 2.24) is 15.0 Å². The summed E-state index contributed by atoms with van der Waals surface area (Å²) in [4.78, 5) is 0. The Morgan fingerprint density at radius 1 is 1.25 bits per heavy atom. The minimum absolute atomic E-state index is 0.390.